The lowest BCUT2D eigenvalue weighted by Gasteiger charge is -2.10. The topological polar surface area (TPSA) is 77.5 Å². The highest BCUT2D eigenvalue weighted by atomic mass is 32.1. The molecule has 0 aliphatic rings. The van der Waals surface area contributed by atoms with Crippen LogP contribution in [0.3, 0.4) is 0 Å². The van der Waals surface area contributed by atoms with Crippen molar-refractivity contribution in [3.8, 4) is 5.75 Å². The zero-order valence-corrected chi connectivity index (χ0v) is 18.4. The summed E-state index contributed by atoms with van der Waals surface area (Å²) in [5.41, 5.74) is 2.12. The Morgan fingerprint density at radius 3 is 2.76 bits per heavy atom. The van der Waals surface area contributed by atoms with Crippen molar-refractivity contribution in [2.45, 2.75) is 52.9 Å². The second-order valence-corrected chi connectivity index (χ2v) is 8.40. The molecule has 0 spiro atoms. The van der Waals surface area contributed by atoms with Gasteiger partial charge < -0.3 is 14.8 Å². The second kappa shape index (κ2) is 11.6. The lowest BCUT2D eigenvalue weighted by Crippen LogP contribution is -2.15. The Morgan fingerprint density at radius 2 is 2.03 bits per heavy atom. The van der Waals surface area contributed by atoms with E-state index in [-0.39, 0.29) is 24.7 Å². The first-order valence-electron chi connectivity index (χ1n) is 9.90. The first kappa shape index (κ1) is 22.9. The standard InChI is InChI=1S/C22H30N2O4S/c1-15(2)6-5-7-16(3)12-13-28-21(26)11-10-20(25)24-22-23-18-9-8-17(27-4)14-19(18)29-22/h6,8-9,14,16H,5,7,10-13H2,1-4H3,(H,23,24,25)/t16-/m1/s1. The van der Waals surface area contributed by atoms with Crippen LogP contribution in [0.4, 0.5) is 5.13 Å². The Morgan fingerprint density at radius 1 is 1.24 bits per heavy atom. The number of ether oxygens (including phenoxy) is 2. The van der Waals surface area contributed by atoms with Crippen LogP contribution in [0.25, 0.3) is 10.2 Å². The molecule has 1 heterocycles. The number of nitrogens with one attached hydrogen (secondary N) is 1. The number of fused-ring (bicyclic) bond motifs is 1. The molecule has 1 atom stereocenters. The van der Waals surface area contributed by atoms with Crippen LogP contribution in [0.15, 0.2) is 29.8 Å². The Bertz CT molecular complexity index is 856. The quantitative estimate of drug-likeness (QED) is 0.394. The molecular weight excluding hydrogens is 388 g/mol. The maximum atomic E-state index is 12.1. The van der Waals surface area contributed by atoms with Crippen molar-refractivity contribution >= 4 is 38.6 Å². The number of aromatic nitrogens is 1. The molecule has 0 saturated carbocycles. The van der Waals surface area contributed by atoms with Gasteiger partial charge in [0.2, 0.25) is 5.91 Å². The molecule has 0 unspecified atom stereocenters. The average molecular weight is 419 g/mol. The SMILES string of the molecule is COc1ccc2nc(NC(=O)CCC(=O)OCC[C@H](C)CCC=C(C)C)sc2c1. The predicted octanol–water partition coefficient (Wildman–Crippen LogP) is 5.34. The number of carbonyl (C=O) groups is 2. The van der Waals surface area contributed by atoms with Crippen molar-refractivity contribution in [1.29, 1.82) is 0 Å². The highest BCUT2D eigenvalue weighted by molar-refractivity contribution is 7.22. The van der Waals surface area contributed by atoms with E-state index in [2.05, 4.69) is 37.1 Å². The van der Waals surface area contributed by atoms with Crippen LogP contribution in [0.5, 0.6) is 5.75 Å². The Labute approximate surface area is 176 Å². The minimum atomic E-state index is -0.342. The molecule has 2 rings (SSSR count). The number of allylic oxidation sites excluding steroid dienone is 2. The highest BCUT2D eigenvalue weighted by Crippen LogP contribution is 2.29. The van der Waals surface area contributed by atoms with Crippen LogP contribution in [-0.4, -0.2) is 30.6 Å². The second-order valence-electron chi connectivity index (χ2n) is 7.37. The summed E-state index contributed by atoms with van der Waals surface area (Å²) in [6.45, 7) is 6.75. The number of nitrogens with zero attached hydrogens (tertiary/aromatic N) is 1. The fraction of sp³-hybridized carbons (Fsp3) is 0.500. The zero-order chi connectivity index (χ0) is 21.2. The van der Waals surface area contributed by atoms with Gasteiger partial charge in [0.05, 0.1) is 30.4 Å². The fourth-order valence-electron chi connectivity index (χ4n) is 2.73. The predicted molar refractivity (Wildman–Crippen MR) is 117 cm³/mol. The van der Waals surface area contributed by atoms with Crippen molar-refractivity contribution in [1.82, 2.24) is 4.98 Å². The fourth-order valence-corrected chi connectivity index (χ4v) is 3.64. The molecule has 29 heavy (non-hydrogen) atoms. The number of methoxy groups -OCH3 is 1. The number of rotatable bonds is 11. The normalized spacial score (nSPS) is 11.7. The third-order valence-corrected chi connectivity index (χ3v) is 5.42. The third-order valence-electron chi connectivity index (χ3n) is 4.48. The number of thiazole rings is 1. The Kier molecular flexibility index (Phi) is 9.12. The van der Waals surface area contributed by atoms with Crippen molar-refractivity contribution in [3.63, 3.8) is 0 Å². The highest BCUT2D eigenvalue weighted by Gasteiger charge is 2.12. The smallest absolute Gasteiger partial charge is 0.306 e. The molecule has 1 aromatic heterocycles. The lowest BCUT2D eigenvalue weighted by atomic mass is 10.0. The van der Waals surface area contributed by atoms with Crippen LogP contribution >= 0.6 is 11.3 Å². The molecule has 1 amide bonds. The maximum Gasteiger partial charge on any atom is 0.306 e. The van der Waals surface area contributed by atoms with Crippen LogP contribution < -0.4 is 10.1 Å². The maximum absolute atomic E-state index is 12.1. The summed E-state index contributed by atoms with van der Waals surface area (Å²) in [6, 6.07) is 5.55. The molecule has 158 valence electrons. The number of hydrogen-bond acceptors (Lipinski definition) is 6. The summed E-state index contributed by atoms with van der Waals surface area (Å²) >= 11 is 1.37. The van der Waals surface area contributed by atoms with Crippen LogP contribution in [-0.2, 0) is 14.3 Å². The average Bonchev–Trinajstić information content (AvgIpc) is 3.07. The number of esters is 1. The molecule has 2 aromatic rings. The van der Waals surface area contributed by atoms with Crippen LogP contribution in [0, 0.1) is 5.92 Å². The molecule has 0 bridgehead atoms. The number of hydrogen-bond donors (Lipinski definition) is 1. The van der Waals surface area contributed by atoms with Gasteiger partial charge in [-0.25, -0.2) is 4.98 Å². The first-order chi connectivity index (χ1) is 13.9. The van der Waals surface area contributed by atoms with E-state index in [1.165, 1.54) is 16.9 Å². The van der Waals surface area contributed by atoms with E-state index >= 15 is 0 Å². The van der Waals surface area contributed by atoms with Gasteiger partial charge >= 0.3 is 5.97 Å². The Hall–Kier alpha value is -2.41. The van der Waals surface area contributed by atoms with E-state index < -0.39 is 0 Å². The summed E-state index contributed by atoms with van der Waals surface area (Å²) in [7, 11) is 1.61. The van der Waals surface area contributed by atoms with E-state index in [0.29, 0.717) is 17.7 Å². The van der Waals surface area contributed by atoms with E-state index in [1.807, 2.05) is 18.2 Å². The largest absolute Gasteiger partial charge is 0.497 e. The van der Waals surface area contributed by atoms with E-state index in [0.717, 1.165) is 35.2 Å². The third kappa shape index (κ3) is 8.23. The van der Waals surface area contributed by atoms with E-state index in [1.54, 1.807) is 7.11 Å². The molecule has 0 radical (unpaired) electrons. The van der Waals surface area contributed by atoms with E-state index in [9.17, 15) is 9.59 Å². The van der Waals surface area contributed by atoms with Gasteiger partial charge in [0, 0.05) is 6.42 Å². The lowest BCUT2D eigenvalue weighted by molar-refractivity contribution is -0.145. The minimum Gasteiger partial charge on any atom is -0.497 e. The van der Waals surface area contributed by atoms with Crippen LogP contribution in [0.1, 0.15) is 52.9 Å². The van der Waals surface area contributed by atoms with E-state index in [4.69, 9.17) is 9.47 Å². The molecule has 0 aliphatic carbocycles. The zero-order valence-electron chi connectivity index (χ0n) is 17.6. The molecule has 0 saturated heterocycles. The molecule has 7 heteroatoms. The molecular formula is C22H30N2O4S. The summed E-state index contributed by atoms with van der Waals surface area (Å²) in [5.74, 6) is 0.654. The van der Waals surface area contributed by atoms with Gasteiger partial charge in [-0.1, -0.05) is 29.9 Å². The summed E-state index contributed by atoms with van der Waals surface area (Å²) < 4.78 is 11.4. The van der Waals surface area contributed by atoms with Crippen LogP contribution in [0.2, 0.25) is 0 Å². The number of carbonyl (C=O) groups excluding carboxylic acids is 2. The molecule has 0 fully saturated rings. The van der Waals surface area contributed by atoms with Gasteiger partial charge in [-0.2, -0.15) is 0 Å². The van der Waals surface area contributed by atoms with Crippen molar-refractivity contribution in [3.05, 3.63) is 29.8 Å². The number of amides is 1. The molecule has 6 nitrogen and oxygen atoms in total. The monoisotopic (exact) mass is 418 g/mol. The molecule has 0 aliphatic heterocycles. The summed E-state index contributed by atoms with van der Waals surface area (Å²) in [5, 5.41) is 3.26. The van der Waals surface area contributed by atoms with Gasteiger partial charge in [0.1, 0.15) is 5.75 Å². The molecule has 1 aromatic carbocycles. The van der Waals surface area contributed by atoms with Gasteiger partial charge in [0.15, 0.2) is 5.13 Å². The summed E-state index contributed by atoms with van der Waals surface area (Å²) in [4.78, 5) is 28.3. The minimum absolute atomic E-state index is 0.0662. The van der Waals surface area contributed by atoms with Gasteiger partial charge in [0.25, 0.3) is 0 Å². The van der Waals surface area contributed by atoms with Gasteiger partial charge in [-0.05, 0) is 57.2 Å². The Balaban J connectivity index is 1.67. The van der Waals surface area contributed by atoms with Crippen molar-refractivity contribution < 1.29 is 19.1 Å². The number of benzene rings is 1. The number of anilines is 1. The van der Waals surface area contributed by atoms with Gasteiger partial charge in [-0.3, -0.25) is 9.59 Å². The van der Waals surface area contributed by atoms with Crippen molar-refractivity contribution in [2.75, 3.05) is 19.0 Å². The first-order valence-corrected chi connectivity index (χ1v) is 10.7. The van der Waals surface area contributed by atoms with Crippen molar-refractivity contribution in [2.24, 2.45) is 5.92 Å². The summed E-state index contributed by atoms with van der Waals surface area (Å²) in [6.07, 6.45) is 5.34. The van der Waals surface area contributed by atoms with Gasteiger partial charge in [-0.15, -0.1) is 0 Å². The molecule has 1 N–H and O–H groups in total.